The van der Waals surface area contributed by atoms with Crippen molar-refractivity contribution in [3.05, 3.63) is 5.28 Å². The molecule has 1 amide bonds. The van der Waals surface area contributed by atoms with Crippen LogP contribution in [-0.2, 0) is 4.79 Å². The summed E-state index contributed by atoms with van der Waals surface area (Å²) in [5.74, 6) is 0.587. The number of amides is 1. The Labute approximate surface area is 117 Å². The summed E-state index contributed by atoms with van der Waals surface area (Å²) in [6.45, 7) is 4.82. The number of rotatable bonds is 6. The van der Waals surface area contributed by atoms with Crippen LogP contribution in [0, 0.1) is 5.92 Å². The maximum absolute atomic E-state index is 11.7. The van der Waals surface area contributed by atoms with Crippen molar-refractivity contribution >= 4 is 23.5 Å². The molecule has 7 nitrogen and oxygen atoms in total. The van der Waals surface area contributed by atoms with Gasteiger partial charge in [0, 0.05) is 13.6 Å². The van der Waals surface area contributed by atoms with E-state index in [4.69, 9.17) is 16.3 Å². The van der Waals surface area contributed by atoms with Crippen LogP contribution >= 0.6 is 11.6 Å². The zero-order valence-electron chi connectivity index (χ0n) is 11.5. The van der Waals surface area contributed by atoms with Crippen LogP contribution in [0.5, 0.6) is 6.01 Å². The molecular weight excluding hydrogens is 270 g/mol. The van der Waals surface area contributed by atoms with E-state index in [0.29, 0.717) is 12.5 Å². The fourth-order valence-electron chi connectivity index (χ4n) is 1.24. The van der Waals surface area contributed by atoms with E-state index < -0.39 is 0 Å². The van der Waals surface area contributed by atoms with Crippen LogP contribution in [0.3, 0.4) is 0 Å². The van der Waals surface area contributed by atoms with E-state index in [2.05, 4.69) is 20.3 Å². The molecule has 1 aromatic heterocycles. The Hall–Kier alpha value is -1.63. The van der Waals surface area contributed by atoms with Gasteiger partial charge in [0.1, 0.15) is 0 Å². The lowest BCUT2D eigenvalue weighted by atomic mass is 10.2. The predicted octanol–water partition coefficient (Wildman–Crippen LogP) is 0.742. The van der Waals surface area contributed by atoms with E-state index in [1.807, 2.05) is 13.8 Å². The van der Waals surface area contributed by atoms with Gasteiger partial charge in [-0.15, -0.1) is 0 Å². The third-order valence-electron chi connectivity index (χ3n) is 2.19. The van der Waals surface area contributed by atoms with Gasteiger partial charge in [0.25, 0.3) is 0 Å². The summed E-state index contributed by atoms with van der Waals surface area (Å²) in [6.07, 6.45) is 0. The fraction of sp³-hybridized carbons (Fsp3) is 0.636. The van der Waals surface area contributed by atoms with E-state index in [9.17, 15) is 4.79 Å². The molecule has 0 bridgehead atoms. The van der Waals surface area contributed by atoms with E-state index in [1.165, 1.54) is 7.11 Å². The SMILES string of the molecule is COc1nc(Cl)nc(N(C)CC(=O)NCC(C)C)n1. The van der Waals surface area contributed by atoms with Crippen molar-refractivity contribution in [3.63, 3.8) is 0 Å². The number of methoxy groups -OCH3 is 1. The highest BCUT2D eigenvalue weighted by atomic mass is 35.5. The summed E-state index contributed by atoms with van der Waals surface area (Å²) in [4.78, 5) is 25.0. The Morgan fingerprint density at radius 3 is 2.68 bits per heavy atom. The maximum atomic E-state index is 11.7. The van der Waals surface area contributed by atoms with Gasteiger partial charge in [-0.1, -0.05) is 13.8 Å². The van der Waals surface area contributed by atoms with Crippen molar-refractivity contribution in [1.29, 1.82) is 0 Å². The predicted molar refractivity (Wildman–Crippen MR) is 72.5 cm³/mol. The second-order valence-corrected chi connectivity index (χ2v) is 4.78. The molecule has 0 atom stereocenters. The molecule has 106 valence electrons. The molecule has 0 aromatic carbocycles. The van der Waals surface area contributed by atoms with E-state index in [-0.39, 0.29) is 29.7 Å². The molecule has 0 saturated carbocycles. The van der Waals surface area contributed by atoms with Crippen LogP contribution in [0.25, 0.3) is 0 Å². The molecule has 0 fully saturated rings. The van der Waals surface area contributed by atoms with Crippen LogP contribution in [0.1, 0.15) is 13.8 Å². The number of carbonyl (C=O) groups is 1. The van der Waals surface area contributed by atoms with Crippen LogP contribution in [0.15, 0.2) is 0 Å². The summed E-state index contributed by atoms with van der Waals surface area (Å²) in [6, 6.07) is 0.115. The van der Waals surface area contributed by atoms with Crippen molar-refractivity contribution in [2.45, 2.75) is 13.8 Å². The Morgan fingerprint density at radius 2 is 2.11 bits per heavy atom. The molecule has 1 aromatic rings. The summed E-state index contributed by atoms with van der Waals surface area (Å²) in [5, 5.41) is 2.83. The zero-order chi connectivity index (χ0) is 14.4. The lowest BCUT2D eigenvalue weighted by molar-refractivity contribution is -0.119. The maximum Gasteiger partial charge on any atom is 0.322 e. The van der Waals surface area contributed by atoms with E-state index >= 15 is 0 Å². The second-order valence-electron chi connectivity index (χ2n) is 4.45. The number of anilines is 1. The molecule has 0 spiro atoms. The molecule has 8 heteroatoms. The van der Waals surface area contributed by atoms with Crippen LogP contribution in [0.4, 0.5) is 5.95 Å². The third kappa shape index (κ3) is 5.25. The molecule has 1 N–H and O–H groups in total. The molecule has 0 aliphatic heterocycles. The molecule has 19 heavy (non-hydrogen) atoms. The first-order chi connectivity index (χ1) is 8.92. The Kier molecular flexibility index (Phi) is 5.75. The number of ether oxygens (including phenoxy) is 1. The van der Waals surface area contributed by atoms with E-state index in [1.54, 1.807) is 11.9 Å². The number of nitrogens with zero attached hydrogens (tertiary/aromatic N) is 4. The summed E-state index contributed by atoms with van der Waals surface area (Å²) in [7, 11) is 3.13. The number of carbonyl (C=O) groups excluding carboxylic acids is 1. The summed E-state index contributed by atoms with van der Waals surface area (Å²) < 4.78 is 4.90. The lowest BCUT2D eigenvalue weighted by Gasteiger charge is -2.17. The standard InChI is InChI=1S/C11H18ClN5O2/c1-7(2)5-13-8(18)6-17(3)10-14-9(12)15-11(16-10)19-4/h7H,5-6H2,1-4H3,(H,13,18). The number of likely N-dealkylation sites (N-methyl/N-ethyl adjacent to an activating group) is 1. The molecule has 0 aliphatic carbocycles. The highest BCUT2D eigenvalue weighted by molar-refractivity contribution is 6.28. The lowest BCUT2D eigenvalue weighted by Crippen LogP contribution is -2.37. The van der Waals surface area contributed by atoms with Gasteiger partial charge < -0.3 is 15.0 Å². The van der Waals surface area contributed by atoms with Gasteiger partial charge in [-0.2, -0.15) is 15.0 Å². The average molecular weight is 288 g/mol. The van der Waals surface area contributed by atoms with Gasteiger partial charge in [-0.05, 0) is 17.5 Å². The molecule has 0 unspecified atom stereocenters. The Balaban J connectivity index is 2.64. The topological polar surface area (TPSA) is 80.2 Å². The molecule has 0 radical (unpaired) electrons. The number of aromatic nitrogens is 3. The normalized spacial score (nSPS) is 10.4. The van der Waals surface area contributed by atoms with Gasteiger partial charge >= 0.3 is 6.01 Å². The number of hydrogen-bond donors (Lipinski definition) is 1. The fourth-order valence-corrected chi connectivity index (χ4v) is 1.39. The summed E-state index contributed by atoms with van der Waals surface area (Å²) >= 11 is 5.74. The molecule has 1 heterocycles. The smallest absolute Gasteiger partial charge is 0.322 e. The zero-order valence-corrected chi connectivity index (χ0v) is 12.2. The Bertz CT molecular complexity index is 441. The van der Waals surface area contributed by atoms with Gasteiger partial charge in [-0.25, -0.2) is 0 Å². The molecular formula is C11H18ClN5O2. The van der Waals surface area contributed by atoms with Crippen LogP contribution in [0.2, 0.25) is 5.28 Å². The minimum absolute atomic E-state index is 0.0243. The monoisotopic (exact) mass is 287 g/mol. The van der Waals surface area contributed by atoms with Crippen molar-refractivity contribution in [1.82, 2.24) is 20.3 Å². The first-order valence-corrected chi connectivity index (χ1v) is 6.23. The highest BCUT2D eigenvalue weighted by Crippen LogP contribution is 2.13. The molecule has 0 aliphatic rings. The largest absolute Gasteiger partial charge is 0.467 e. The average Bonchev–Trinajstić information content (AvgIpc) is 2.35. The molecule has 1 rings (SSSR count). The number of hydrogen-bond acceptors (Lipinski definition) is 6. The number of nitrogens with one attached hydrogen (secondary N) is 1. The molecule has 0 saturated heterocycles. The van der Waals surface area contributed by atoms with Crippen molar-refractivity contribution in [3.8, 4) is 6.01 Å². The van der Waals surface area contributed by atoms with Gasteiger partial charge in [-0.3, -0.25) is 4.79 Å². The van der Waals surface area contributed by atoms with Crippen LogP contribution < -0.4 is 15.0 Å². The minimum Gasteiger partial charge on any atom is -0.467 e. The summed E-state index contributed by atoms with van der Waals surface area (Å²) in [5.41, 5.74) is 0. The van der Waals surface area contributed by atoms with Gasteiger partial charge in [0.05, 0.1) is 13.7 Å². The Morgan fingerprint density at radius 1 is 1.42 bits per heavy atom. The quantitative estimate of drug-likeness (QED) is 0.831. The van der Waals surface area contributed by atoms with E-state index in [0.717, 1.165) is 0 Å². The highest BCUT2D eigenvalue weighted by Gasteiger charge is 2.13. The first kappa shape index (κ1) is 15.4. The van der Waals surface area contributed by atoms with Crippen molar-refractivity contribution in [2.24, 2.45) is 5.92 Å². The third-order valence-corrected chi connectivity index (χ3v) is 2.36. The van der Waals surface area contributed by atoms with Crippen LogP contribution in [-0.4, -0.2) is 48.1 Å². The first-order valence-electron chi connectivity index (χ1n) is 5.85. The van der Waals surface area contributed by atoms with Gasteiger partial charge in [0.15, 0.2) is 0 Å². The minimum atomic E-state index is -0.105. The van der Waals surface area contributed by atoms with Crippen molar-refractivity contribution < 1.29 is 9.53 Å². The van der Waals surface area contributed by atoms with Gasteiger partial charge in [0.2, 0.25) is 17.1 Å². The second kappa shape index (κ2) is 7.08. The number of halogens is 1. The van der Waals surface area contributed by atoms with Crippen molar-refractivity contribution in [2.75, 3.05) is 32.1 Å².